The molecule has 0 aromatic heterocycles. The maximum Gasteiger partial charge on any atom is 0.128 e. The maximum absolute atomic E-state index is 13.8. The highest BCUT2D eigenvalue weighted by Gasteiger charge is 2.11. The summed E-state index contributed by atoms with van der Waals surface area (Å²) in [7, 11) is 4.00. The molecule has 2 nitrogen and oxygen atoms in total. The average molecular weight is 337 g/mol. The molecule has 2 rings (SSSR count). The number of anilines is 2. The Bertz CT molecular complexity index is 582. The zero-order valence-electron chi connectivity index (χ0n) is 11.8. The van der Waals surface area contributed by atoms with Crippen LogP contribution in [0, 0.1) is 5.82 Å². The summed E-state index contributed by atoms with van der Waals surface area (Å²) in [5, 5.41) is 3.31. The Kier molecular flexibility index (Phi) is 4.65. The summed E-state index contributed by atoms with van der Waals surface area (Å²) in [4.78, 5) is 2.04. The minimum atomic E-state index is -0.196. The highest BCUT2D eigenvalue weighted by Crippen LogP contribution is 2.25. The molecule has 0 saturated heterocycles. The minimum Gasteiger partial charge on any atom is -0.378 e. The van der Waals surface area contributed by atoms with Crippen LogP contribution in [0.25, 0.3) is 0 Å². The standard InChI is InChI=1S/C16H18BrFN2/c1-11(15-10-12(17)4-9-16(15)18)19-13-5-7-14(8-6-13)20(2)3/h4-11,19H,1-3H3. The smallest absolute Gasteiger partial charge is 0.128 e. The van der Waals surface area contributed by atoms with Crippen LogP contribution in [0.4, 0.5) is 15.8 Å². The monoisotopic (exact) mass is 336 g/mol. The number of hydrogen-bond donors (Lipinski definition) is 1. The molecule has 0 bridgehead atoms. The number of rotatable bonds is 4. The second-order valence-corrected chi connectivity index (χ2v) is 5.89. The van der Waals surface area contributed by atoms with Gasteiger partial charge in [-0.1, -0.05) is 15.9 Å². The Morgan fingerprint density at radius 2 is 1.75 bits per heavy atom. The van der Waals surface area contributed by atoms with E-state index in [0.29, 0.717) is 5.56 Å². The normalized spacial score (nSPS) is 12.1. The summed E-state index contributed by atoms with van der Waals surface area (Å²) in [6.07, 6.45) is 0. The number of nitrogens with zero attached hydrogens (tertiary/aromatic N) is 1. The lowest BCUT2D eigenvalue weighted by Crippen LogP contribution is -2.10. The van der Waals surface area contributed by atoms with Crippen molar-refractivity contribution in [1.82, 2.24) is 0 Å². The van der Waals surface area contributed by atoms with E-state index in [4.69, 9.17) is 0 Å². The van der Waals surface area contributed by atoms with Crippen molar-refractivity contribution in [3.05, 3.63) is 58.3 Å². The Balaban J connectivity index is 2.14. The molecule has 0 spiro atoms. The van der Waals surface area contributed by atoms with E-state index < -0.39 is 0 Å². The number of halogens is 2. The molecule has 0 fully saturated rings. The molecule has 0 aliphatic carbocycles. The Morgan fingerprint density at radius 1 is 1.10 bits per heavy atom. The van der Waals surface area contributed by atoms with E-state index in [-0.39, 0.29) is 11.9 Å². The molecule has 1 unspecified atom stereocenters. The van der Waals surface area contributed by atoms with Crippen LogP contribution in [0.5, 0.6) is 0 Å². The molecule has 2 aromatic carbocycles. The third kappa shape index (κ3) is 3.51. The lowest BCUT2D eigenvalue weighted by atomic mass is 10.1. The fraction of sp³-hybridized carbons (Fsp3) is 0.250. The van der Waals surface area contributed by atoms with Gasteiger partial charge in [0.15, 0.2) is 0 Å². The third-order valence-electron chi connectivity index (χ3n) is 3.19. The molecule has 20 heavy (non-hydrogen) atoms. The zero-order chi connectivity index (χ0) is 14.7. The summed E-state index contributed by atoms with van der Waals surface area (Å²) < 4.78 is 14.7. The molecule has 1 atom stereocenters. The molecule has 0 radical (unpaired) electrons. The van der Waals surface area contributed by atoms with Crippen LogP contribution in [0.1, 0.15) is 18.5 Å². The first kappa shape index (κ1) is 14.9. The molecular weight excluding hydrogens is 319 g/mol. The molecule has 4 heteroatoms. The van der Waals surface area contributed by atoms with Crippen LogP contribution in [0.15, 0.2) is 46.9 Å². The van der Waals surface area contributed by atoms with Gasteiger partial charge in [-0.15, -0.1) is 0 Å². The van der Waals surface area contributed by atoms with E-state index in [2.05, 4.69) is 21.2 Å². The second-order valence-electron chi connectivity index (χ2n) is 4.97. The molecule has 1 N–H and O–H groups in total. The summed E-state index contributed by atoms with van der Waals surface area (Å²) in [5.74, 6) is -0.196. The quantitative estimate of drug-likeness (QED) is 0.860. The van der Waals surface area contributed by atoms with Gasteiger partial charge in [0.1, 0.15) is 5.82 Å². The van der Waals surface area contributed by atoms with E-state index in [1.807, 2.05) is 50.2 Å². The van der Waals surface area contributed by atoms with E-state index >= 15 is 0 Å². The van der Waals surface area contributed by atoms with E-state index in [1.54, 1.807) is 12.1 Å². The highest BCUT2D eigenvalue weighted by molar-refractivity contribution is 9.10. The minimum absolute atomic E-state index is 0.0993. The van der Waals surface area contributed by atoms with Crippen molar-refractivity contribution in [2.75, 3.05) is 24.3 Å². The predicted octanol–water partition coefficient (Wildman–Crippen LogP) is 4.83. The van der Waals surface area contributed by atoms with Gasteiger partial charge in [0.05, 0.1) is 6.04 Å². The van der Waals surface area contributed by atoms with Crippen molar-refractivity contribution in [2.24, 2.45) is 0 Å². The van der Waals surface area contributed by atoms with Crippen LogP contribution in [-0.2, 0) is 0 Å². The van der Waals surface area contributed by atoms with E-state index in [1.165, 1.54) is 6.07 Å². The third-order valence-corrected chi connectivity index (χ3v) is 3.68. The topological polar surface area (TPSA) is 15.3 Å². The lowest BCUT2D eigenvalue weighted by Gasteiger charge is -2.18. The highest BCUT2D eigenvalue weighted by atomic mass is 79.9. The van der Waals surface area contributed by atoms with E-state index in [0.717, 1.165) is 15.8 Å². The first-order valence-electron chi connectivity index (χ1n) is 6.46. The van der Waals surface area contributed by atoms with Crippen LogP contribution in [-0.4, -0.2) is 14.1 Å². The van der Waals surface area contributed by atoms with Crippen molar-refractivity contribution in [1.29, 1.82) is 0 Å². The van der Waals surface area contributed by atoms with Gasteiger partial charge in [-0.05, 0) is 49.4 Å². The Hall–Kier alpha value is -1.55. The van der Waals surface area contributed by atoms with Crippen molar-refractivity contribution < 1.29 is 4.39 Å². The first-order chi connectivity index (χ1) is 9.47. The van der Waals surface area contributed by atoms with Gasteiger partial charge in [-0.3, -0.25) is 0 Å². The molecule has 0 saturated carbocycles. The largest absolute Gasteiger partial charge is 0.378 e. The van der Waals surface area contributed by atoms with Crippen molar-refractivity contribution >= 4 is 27.3 Å². The Morgan fingerprint density at radius 3 is 2.35 bits per heavy atom. The molecule has 106 valence electrons. The van der Waals surface area contributed by atoms with Gasteiger partial charge >= 0.3 is 0 Å². The van der Waals surface area contributed by atoms with Gasteiger partial charge in [-0.25, -0.2) is 4.39 Å². The maximum atomic E-state index is 13.8. The average Bonchev–Trinajstić information content (AvgIpc) is 2.42. The lowest BCUT2D eigenvalue weighted by molar-refractivity contribution is 0.600. The Labute approximate surface area is 127 Å². The summed E-state index contributed by atoms with van der Waals surface area (Å²) in [6.45, 7) is 1.95. The summed E-state index contributed by atoms with van der Waals surface area (Å²) in [5.41, 5.74) is 2.76. The molecule has 0 aliphatic heterocycles. The van der Waals surface area contributed by atoms with Gasteiger partial charge in [0.2, 0.25) is 0 Å². The number of benzene rings is 2. The molecule has 0 aliphatic rings. The fourth-order valence-electron chi connectivity index (χ4n) is 2.03. The number of hydrogen-bond acceptors (Lipinski definition) is 2. The van der Waals surface area contributed by atoms with Crippen LogP contribution in [0.3, 0.4) is 0 Å². The van der Waals surface area contributed by atoms with Gasteiger partial charge in [0.25, 0.3) is 0 Å². The van der Waals surface area contributed by atoms with Gasteiger partial charge in [-0.2, -0.15) is 0 Å². The molecular formula is C16H18BrFN2. The molecule has 2 aromatic rings. The molecule has 0 heterocycles. The van der Waals surface area contributed by atoms with Crippen LogP contribution < -0.4 is 10.2 Å². The van der Waals surface area contributed by atoms with Crippen LogP contribution >= 0.6 is 15.9 Å². The molecule has 0 amide bonds. The van der Waals surface area contributed by atoms with Crippen molar-refractivity contribution in [3.63, 3.8) is 0 Å². The summed E-state index contributed by atoms with van der Waals surface area (Å²) >= 11 is 3.38. The second kappa shape index (κ2) is 6.27. The van der Waals surface area contributed by atoms with Crippen LogP contribution in [0.2, 0.25) is 0 Å². The fourth-order valence-corrected chi connectivity index (χ4v) is 2.41. The summed E-state index contributed by atoms with van der Waals surface area (Å²) in [6, 6.07) is 13.0. The predicted molar refractivity (Wildman–Crippen MR) is 86.9 cm³/mol. The van der Waals surface area contributed by atoms with Crippen molar-refractivity contribution in [2.45, 2.75) is 13.0 Å². The number of nitrogens with one attached hydrogen (secondary N) is 1. The van der Waals surface area contributed by atoms with E-state index in [9.17, 15) is 4.39 Å². The SMILES string of the molecule is CC(Nc1ccc(N(C)C)cc1)c1cc(Br)ccc1F. The van der Waals surface area contributed by atoms with Gasteiger partial charge < -0.3 is 10.2 Å². The van der Waals surface area contributed by atoms with Crippen molar-refractivity contribution in [3.8, 4) is 0 Å². The first-order valence-corrected chi connectivity index (χ1v) is 7.25. The zero-order valence-corrected chi connectivity index (χ0v) is 13.4. The van der Waals surface area contributed by atoms with Gasteiger partial charge in [0, 0.05) is 35.5 Å².